The lowest BCUT2D eigenvalue weighted by molar-refractivity contribution is 0.0410. The molecule has 0 aliphatic carbocycles. The topological polar surface area (TPSA) is 74.8 Å². The Kier molecular flexibility index (Phi) is 7.28. The molecule has 3 aromatic rings. The van der Waals surface area contributed by atoms with Crippen LogP contribution >= 0.6 is 11.8 Å². The molecule has 0 saturated carbocycles. The number of benzene rings is 1. The van der Waals surface area contributed by atoms with Gasteiger partial charge in [-0.3, -0.25) is 9.47 Å². The molecule has 2 aromatic heterocycles. The minimum Gasteiger partial charge on any atom is -0.493 e. The van der Waals surface area contributed by atoms with Gasteiger partial charge in [-0.05, 0) is 24.3 Å². The van der Waals surface area contributed by atoms with Gasteiger partial charge in [-0.1, -0.05) is 23.9 Å². The fraction of sp³-hybridized carbons (Fsp3) is 0.429. The summed E-state index contributed by atoms with van der Waals surface area (Å²) in [5, 5.41) is 9.66. The average Bonchev–Trinajstić information content (AvgIpc) is 3.44. The third-order valence-corrected chi connectivity index (χ3v) is 5.80. The van der Waals surface area contributed by atoms with Crippen LogP contribution in [-0.2, 0) is 17.9 Å². The van der Waals surface area contributed by atoms with E-state index in [0.29, 0.717) is 18.0 Å². The predicted octanol–water partition coefficient (Wildman–Crippen LogP) is 2.93. The molecule has 8 nitrogen and oxygen atoms in total. The van der Waals surface area contributed by atoms with E-state index in [2.05, 4.69) is 19.7 Å². The number of rotatable bonds is 10. The van der Waals surface area contributed by atoms with Crippen molar-refractivity contribution in [2.45, 2.75) is 18.3 Å². The first-order valence-corrected chi connectivity index (χ1v) is 10.9. The molecule has 3 heterocycles. The summed E-state index contributed by atoms with van der Waals surface area (Å²) < 4.78 is 24.4. The van der Waals surface area contributed by atoms with Gasteiger partial charge in [0.2, 0.25) is 0 Å². The van der Waals surface area contributed by atoms with Gasteiger partial charge in [0, 0.05) is 25.4 Å². The number of thioether (sulfide) groups is 1. The van der Waals surface area contributed by atoms with E-state index in [1.54, 1.807) is 25.1 Å². The normalized spacial score (nSPS) is 14.7. The van der Waals surface area contributed by atoms with Crippen molar-refractivity contribution in [3.63, 3.8) is 0 Å². The molecule has 30 heavy (non-hydrogen) atoms. The van der Waals surface area contributed by atoms with Crippen LogP contribution in [-0.4, -0.2) is 65.4 Å². The second kappa shape index (κ2) is 10.5. The highest BCUT2D eigenvalue weighted by Gasteiger charge is 2.17. The van der Waals surface area contributed by atoms with E-state index in [-0.39, 0.29) is 6.61 Å². The van der Waals surface area contributed by atoms with Crippen LogP contribution in [0.2, 0.25) is 0 Å². The molecule has 4 rings (SSSR count). The van der Waals surface area contributed by atoms with Crippen molar-refractivity contribution in [1.29, 1.82) is 0 Å². The van der Waals surface area contributed by atoms with E-state index in [1.165, 1.54) is 0 Å². The summed E-state index contributed by atoms with van der Waals surface area (Å²) in [6.07, 6.45) is 1.68. The second-order valence-corrected chi connectivity index (χ2v) is 7.87. The van der Waals surface area contributed by atoms with E-state index >= 15 is 0 Å². The Morgan fingerprint density at radius 2 is 1.90 bits per heavy atom. The van der Waals surface area contributed by atoms with Crippen LogP contribution in [0, 0.1) is 0 Å². The van der Waals surface area contributed by atoms with Gasteiger partial charge in [0.1, 0.15) is 12.4 Å². The smallest absolute Gasteiger partial charge is 0.191 e. The third kappa shape index (κ3) is 5.35. The third-order valence-electron chi connectivity index (χ3n) is 4.86. The van der Waals surface area contributed by atoms with Crippen LogP contribution in [0.5, 0.6) is 11.5 Å². The fourth-order valence-electron chi connectivity index (χ4n) is 3.22. The summed E-state index contributed by atoms with van der Waals surface area (Å²) in [5.74, 6) is 3.89. The lowest BCUT2D eigenvalue weighted by Gasteiger charge is -2.26. The van der Waals surface area contributed by atoms with Gasteiger partial charge in [-0.15, -0.1) is 10.2 Å². The summed E-state index contributed by atoms with van der Waals surface area (Å²) in [5.41, 5.74) is 0. The quantitative estimate of drug-likeness (QED) is 0.455. The summed E-state index contributed by atoms with van der Waals surface area (Å²) >= 11 is 1.70. The maximum atomic E-state index is 5.98. The first-order valence-electron chi connectivity index (χ1n) is 9.96. The molecule has 0 unspecified atom stereocenters. The largest absolute Gasteiger partial charge is 0.493 e. The molecule has 0 atom stereocenters. The van der Waals surface area contributed by atoms with Crippen molar-refractivity contribution in [3.8, 4) is 11.5 Å². The predicted molar refractivity (Wildman–Crippen MR) is 113 cm³/mol. The number of ether oxygens (including phenoxy) is 3. The maximum Gasteiger partial charge on any atom is 0.191 e. The van der Waals surface area contributed by atoms with Gasteiger partial charge in [0.15, 0.2) is 22.5 Å². The Morgan fingerprint density at radius 3 is 2.67 bits per heavy atom. The Hall–Kier alpha value is -2.49. The van der Waals surface area contributed by atoms with Crippen molar-refractivity contribution in [2.24, 2.45) is 0 Å². The minimum absolute atomic E-state index is 0.290. The Bertz CT molecular complexity index is 910. The van der Waals surface area contributed by atoms with Crippen molar-refractivity contribution >= 4 is 11.8 Å². The van der Waals surface area contributed by atoms with Gasteiger partial charge >= 0.3 is 0 Å². The number of morpholine rings is 1. The van der Waals surface area contributed by atoms with Gasteiger partial charge in [0.05, 0.1) is 33.1 Å². The maximum absolute atomic E-state index is 5.98. The molecule has 1 aromatic carbocycles. The molecule has 1 fully saturated rings. The number of hydrogen-bond donors (Lipinski definition) is 0. The Morgan fingerprint density at radius 1 is 1.07 bits per heavy atom. The standard InChI is InChI=1S/C21H26N4O4S/c1-26-18-6-2-3-7-19(18)29-16-20-22-23-21(25(20)15-17-5-4-11-28-17)30-14-10-24-8-12-27-13-9-24/h2-7,11H,8-10,12-16H2,1H3. The monoisotopic (exact) mass is 430 g/mol. The van der Waals surface area contributed by atoms with E-state index in [1.807, 2.05) is 36.4 Å². The highest BCUT2D eigenvalue weighted by Crippen LogP contribution is 2.27. The minimum atomic E-state index is 0.290. The second-order valence-electron chi connectivity index (χ2n) is 6.81. The lowest BCUT2D eigenvalue weighted by Crippen LogP contribution is -2.37. The zero-order valence-corrected chi connectivity index (χ0v) is 17.8. The highest BCUT2D eigenvalue weighted by atomic mass is 32.2. The number of furan rings is 1. The van der Waals surface area contributed by atoms with E-state index in [4.69, 9.17) is 18.6 Å². The Labute approximate surface area is 180 Å². The van der Waals surface area contributed by atoms with Crippen molar-refractivity contribution in [1.82, 2.24) is 19.7 Å². The average molecular weight is 431 g/mol. The fourth-order valence-corrected chi connectivity index (χ4v) is 4.18. The molecule has 9 heteroatoms. The van der Waals surface area contributed by atoms with Gasteiger partial charge in [0.25, 0.3) is 0 Å². The zero-order valence-electron chi connectivity index (χ0n) is 17.0. The molecular formula is C21H26N4O4S. The molecule has 160 valence electrons. The van der Waals surface area contributed by atoms with Crippen LogP contribution in [0.3, 0.4) is 0 Å². The molecule has 0 radical (unpaired) electrons. The first kappa shape index (κ1) is 20.8. The van der Waals surface area contributed by atoms with Gasteiger partial charge in [-0.25, -0.2) is 0 Å². The van der Waals surface area contributed by atoms with Crippen molar-refractivity contribution in [3.05, 3.63) is 54.2 Å². The summed E-state index contributed by atoms with van der Waals surface area (Å²) in [6, 6.07) is 11.4. The molecule has 1 aliphatic heterocycles. The molecule has 0 bridgehead atoms. The number of hydrogen-bond acceptors (Lipinski definition) is 8. The highest BCUT2D eigenvalue weighted by molar-refractivity contribution is 7.99. The molecule has 1 aliphatic rings. The van der Waals surface area contributed by atoms with Crippen LogP contribution in [0.4, 0.5) is 0 Å². The van der Waals surface area contributed by atoms with Crippen LogP contribution in [0.1, 0.15) is 11.6 Å². The molecule has 0 spiro atoms. The van der Waals surface area contributed by atoms with Gasteiger partial charge in [-0.2, -0.15) is 0 Å². The lowest BCUT2D eigenvalue weighted by atomic mass is 10.3. The molecular weight excluding hydrogens is 404 g/mol. The van der Waals surface area contributed by atoms with Gasteiger partial charge < -0.3 is 18.6 Å². The SMILES string of the molecule is COc1ccccc1OCc1nnc(SCCN2CCOCC2)n1Cc1ccco1. The van der Waals surface area contributed by atoms with Crippen molar-refractivity contribution in [2.75, 3.05) is 45.7 Å². The number of nitrogens with zero attached hydrogens (tertiary/aromatic N) is 4. The zero-order chi connectivity index (χ0) is 20.6. The molecule has 1 saturated heterocycles. The molecule has 0 N–H and O–H groups in total. The summed E-state index contributed by atoms with van der Waals surface area (Å²) in [7, 11) is 1.63. The van der Waals surface area contributed by atoms with E-state index in [0.717, 1.165) is 55.3 Å². The molecule has 0 amide bonds. The number of methoxy groups -OCH3 is 1. The summed E-state index contributed by atoms with van der Waals surface area (Å²) in [4.78, 5) is 2.41. The van der Waals surface area contributed by atoms with E-state index in [9.17, 15) is 0 Å². The van der Waals surface area contributed by atoms with Crippen LogP contribution in [0.15, 0.2) is 52.2 Å². The summed E-state index contributed by atoms with van der Waals surface area (Å²) in [6.45, 7) is 5.43. The Balaban J connectivity index is 1.44. The number of para-hydroxylation sites is 2. The van der Waals surface area contributed by atoms with Crippen LogP contribution in [0.25, 0.3) is 0 Å². The van der Waals surface area contributed by atoms with Crippen LogP contribution < -0.4 is 9.47 Å². The number of aromatic nitrogens is 3. The van der Waals surface area contributed by atoms with Crippen molar-refractivity contribution < 1.29 is 18.6 Å². The first-order chi connectivity index (χ1) is 14.8. The van der Waals surface area contributed by atoms with E-state index < -0.39 is 0 Å².